The van der Waals surface area contributed by atoms with Crippen LogP contribution in [0.3, 0.4) is 0 Å². The molecular formula is C34H28N14. The van der Waals surface area contributed by atoms with Crippen LogP contribution in [0.15, 0.2) is 129 Å². The molecule has 0 saturated carbocycles. The van der Waals surface area contributed by atoms with Crippen LogP contribution >= 0.6 is 0 Å². The van der Waals surface area contributed by atoms with Crippen LogP contribution < -0.4 is 28.7 Å². The molecule has 7 rings (SSSR count). The predicted molar refractivity (Wildman–Crippen MR) is 188 cm³/mol. The lowest BCUT2D eigenvalue weighted by Crippen LogP contribution is -2.20. The Morgan fingerprint density at radius 3 is 1.96 bits per heavy atom. The first-order valence-electron chi connectivity index (χ1n) is 14.7. The van der Waals surface area contributed by atoms with Crippen molar-refractivity contribution in [3.63, 3.8) is 0 Å². The number of benzene rings is 4. The molecule has 7 aromatic rings. The molecule has 0 atom stereocenters. The number of fused-ring (bicyclic) bond motifs is 3. The summed E-state index contributed by atoms with van der Waals surface area (Å²) in [5, 5.41) is 22.3. The lowest BCUT2D eigenvalue weighted by atomic mass is 10.0. The number of aliphatic imine (C=N–C) groups is 1. The van der Waals surface area contributed by atoms with E-state index in [1.807, 2.05) is 84.9 Å². The Kier molecular flexibility index (Phi) is 7.82. The van der Waals surface area contributed by atoms with Crippen LogP contribution in [0.1, 0.15) is 17.3 Å². The number of anilines is 2. The molecule has 14 heteroatoms. The van der Waals surface area contributed by atoms with Crippen molar-refractivity contribution in [2.24, 2.45) is 42.7 Å². The molecule has 0 unspecified atom stereocenters. The molecule has 14 nitrogen and oxygen atoms in total. The van der Waals surface area contributed by atoms with Crippen molar-refractivity contribution in [1.82, 2.24) is 19.9 Å². The third-order valence-electron chi connectivity index (χ3n) is 7.64. The fourth-order valence-electron chi connectivity index (χ4n) is 5.23. The standard InChI is InChI=1S/C34H28N14/c35-29(36)19-16-41-34(42-17-19)48-47-28-23-11-5-6-12-25(23)33(44-32(28)39)43-30(37)24-13-14-26(22-10-4-3-9-21(22)24)45-46-27-20-8-2-1-7-18(20)15-40-31(27)38/h1-17,29H,35-36H2,(H2,38,40)(H4,37,39,43,44)/b46-45+,48-47+. The Hall–Kier alpha value is -6.77. The summed E-state index contributed by atoms with van der Waals surface area (Å²) in [6.07, 6.45) is 4.00. The lowest BCUT2D eigenvalue weighted by molar-refractivity contribution is 0.760. The van der Waals surface area contributed by atoms with Gasteiger partial charge in [-0.1, -0.05) is 72.8 Å². The first-order valence-corrected chi connectivity index (χ1v) is 14.7. The molecule has 0 aliphatic heterocycles. The first-order chi connectivity index (χ1) is 23.4. The Morgan fingerprint density at radius 2 is 1.21 bits per heavy atom. The molecule has 0 spiro atoms. The fraction of sp³-hybridized carbons (Fsp3) is 0.0294. The van der Waals surface area contributed by atoms with E-state index < -0.39 is 6.17 Å². The van der Waals surface area contributed by atoms with Gasteiger partial charge in [0.25, 0.3) is 5.95 Å². The summed E-state index contributed by atoms with van der Waals surface area (Å²) in [6, 6.07) is 26.6. The highest BCUT2D eigenvalue weighted by Crippen LogP contribution is 2.38. The Balaban J connectivity index is 1.25. The van der Waals surface area contributed by atoms with Crippen molar-refractivity contribution < 1.29 is 0 Å². The number of nitrogen functional groups attached to an aromatic ring is 2. The first kappa shape index (κ1) is 29.9. The maximum Gasteiger partial charge on any atom is 0.268 e. The summed E-state index contributed by atoms with van der Waals surface area (Å²) < 4.78 is 0. The average molecular weight is 633 g/mol. The van der Waals surface area contributed by atoms with E-state index in [2.05, 4.69) is 40.4 Å². The minimum atomic E-state index is -0.694. The molecular weight excluding hydrogens is 604 g/mol. The van der Waals surface area contributed by atoms with Gasteiger partial charge >= 0.3 is 0 Å². The number of hydrogen-bond acceptors (Lipinski definition) is 13. The van der Waals surface area contributed by atoms with Crippen molar-refractivity contribution in [3.05, 3.63) is 115 Å². The van der Waals surface area contributed by atoms with E-state index in [0.717, 1.165) is 21.5 Å². The SMILES string of the molecule is N/C(=N\c1nc(N)c(/N=N/c2ncc(C(N)N)cn2)c2ccccc12)c1ccc(/N=N/c2c(N)ncc3ccccc23)c2ccccc12. The van der Waals surface area contributed by atoms with Gasteiger partial charge in [0, 0.05) is 56.6 Å². The molecule has 0 bridgehead atoms. The van der Waals surface area contributed by atoms with Crippen LogP contribution in [0.2, 0.25) is 0 Å². The Morgan fingerprint density at radius 1 is 0.583 bits per heavy atom. The number of rotatable bonds is 7. The smallest absolute Gasteiger partial charge is 0.268 e. The van der Waals surface area contributed by atoms with Crippen LogP contribution in [0.4, 0.5) is 40.5 Å². The molecule has 0 aliphatic rings. The molecule has 0 amide bonds. The van der Waals surface area contributed by atoms with E-state index >= 15 is 0 Å². The quantitative estimate of drug-likeness (QED) is 0.0544. The lowest BCUT2D eigenvalue weighted by Gasteiger charge is -2.10. The Labute approximate surface area is 273 Å². The zero-order valence-corrected chi connectivity index (χ0v) is 25.3. The topological polar surface area (TPSA) is 243 Å². The zero-order valence-electron chi connectivity index (χ0n) is 25.3. The van der Waals surface area contributed by atoms with Crippen LogP contribution in [0, 0.1) is 0 Å². The molecule has 0 radical (unpaired) electrons. The summed E-state index contributed by atoms with van der Waals surface area (Å²) >= 11 is 0. The van der Waals surface area contributed by atoms with Gasteiger partial charge in [-0.15, -0.1) is 20.5 Å². The summed E-state index contributed by atoms with van der Waals surface area (Å²) in [6.45, 7) is 0. The third kappa shape index (κ3) is 5.71. The van der Waals surface area contributed by atoms with E-state index in [4.69, 9.17) is 33.7 Å². The van der Waals surface area contributed by atoms with E-state index in [1.165, 1.54) is 12.4 Å². The van der Waals surface area contributed by atoms with Crippen LogP contribution in [-0.2, 0) is 0 Å². The highest BCUT2D eigenvalue weighted by atomic mass is 15.2. The van der Waals surface area contributed by atoms with Gasteiger partial charge in [-0.05, 0) is 17.5 Å². The molecule has 3 aromatic heterocycles. The predicted octanol–water partition coefficient (Wildman–Crippen LogP) is 6.67. The monoisotopic (exact) mass is 632 g/mol. The molecule has 0 fully saturated rings. The van der Waals surface area contributed by atoms with Gasteiger partial charge in [-0.2, -0.15) is 0 Å². The second-order valence-electron chi connectivity index (χ2n) is 10.7. The summed E-state index contributed by atoms with van der Waals surface area (Å²) in [5.41, 5.74) is 33.3. The van der Waals surface area contributed by atoms with Crippen molar-refractivity contribution in [1.29, 1.82) is 0 Å². The minimum absolute atomic E-state index is 0.104. The maximum atomic E-state index is 6.65. The number of pyridine rings is 2. The van der Waals surface area contributed by atoms with Gasteiger partial charge in [-0.25, -0.2) is 24.9 Å². The van der Waals surface area contributed by atoms with E-state index in [-0.39, 0.29) is 17.6 Å². The number of amidine groups is 1. The van der Waals surface area contributed by atoms with Crippen molar-refractivity contribution >= 4 is 78.6 Å². The van der Waals surface area contributed by atoms with Crippen LogP contribution in [0.5, 0.6) is 0 Å². The van der Waals surface area contributed by atoms with Gasteiger partial charge in [0.1, 0.15) is 17.2 Å². The van der Waals surface area contributed by atoms with Gasteiger partial charge in [0.2, 0.25) is 0 Å². The van der Waals surface area contributed by atoms with Crippen molar-refractivity contribution in [2.75, 3.05) is 11.5 Å². The van der Waals surface area contributed by atoms with Gasteiger partial charge in [0.05, 0.1) is 11.9 Å². The number of nitrogens with two attached hydrogens (primary N) is 5. The van der Waals surface area contributed by atoms with Crippen molar-refractivity contribution in [3.8, 4) is 0 Å². The molecule has 234 valence electrons. The average Bonchev–Trinajstić information content (AvgIpc) is 3.11. The van der Waals surface area contributed by atoms with Gasteiger partial charge in [-0.3, -0.25) is 0 Å². The summed E-state index contributed by atoms with van der Waals surface area (Å²) in [4.78, 5) is 21.8. The van der Waals surface area contributed by atoms with E-state index in [9.17, 15) is 0 Å². The highest BCUT2D eigenvalue weighted by Gasteiger charge is 2.15. The van der Waals surface area contributed by atoms with Crippen LogP contribution in [-0.4, -0.2) is 25.8 Å². The normalized spacial score (nSPS) is 12.4. The van der Waals surface area contributed by atoms with Gasteiger partial charge < -0.3 is 28.7 Å². The second kappa shape index (κ2) is 12.6. The fourth-order valence-corrected chi connectivity index (χ4v) is 5.23. The number of azo groups is 2. The highest BCUT2D eigenvalue weighted by molar-refractivity contribution is 6.13. The zero-order chi connectivity index (χ0) is 33.2. The molecule has 3 heterocycles. The number of hydrogen-bond donors (Lipinski definition) is 5. The van der Waals surface area contributed by atoms with Gasteiger partial charge in [0.15, 0.2) is 17.5 Å². The molecule has 0 saturated heterocycles. The van der Waals surface area contributed by atoms with Crippen LogP contribution in [0.25, 0.3) is 32.3 Å². The summed E-state index contributed by atoms with van der Waals surface area (Å²) in [5.74, 6) is 1.06. The minimum Gasteiger partial charge on any atom is -0.383 e. The molecule has 10 N–H and O–H groups in total. The largest absolute Gasteiger partial charge is 0.383 e. The summed E-state index contributed by atoms with van der Waals surface area (Å²) in [7, 11) is 0. The number of nitrogens with zero attached hydrogens (tertiary/aromatic N) is 9. The molecule has 48 heavy (non-hydrogen) atoms. The van der Waals surface area contributed by atoms with E-state index in [0.29, 0.717) is 50.6 Å². The molecule has 0 aliphatic carbocycles. The Bertz CT molecular complexity index is 2420. The third-order valence-corrected chi connectivity index (χ3v) is 7.64. The molecule has 4 aromatic carbocycles. The number of aromatic nitrogens is 4. The maximum absolute atomic E-state index is 6.65. The van der Waals surface area contributed by atoms with E-state index in [1.54, 1.807) is 6.20 Å². The van der Waals surface area contributed by atoms with Crippen molar-refractivity contribution in [2.45, 2.75) is 6.17 Å². The second-order valence-corrected chi connectivity index (χ2v) is 10.7.